The van der Waals surface area contributed by atoms with Gasteiger partial charge >= 0.3 is 0 Å². The fourth-order valence-corrected chi connectivity index (χ4v) is 3.62. The van der Waals surface area contributed by atoms with Crippen LogP contribution in [0, 0.1) is 0 Å². The third kappa shape index (κ3) is 3.87. The Morgan fingerprint density at radius 2 is 1.80 bits per heavy atom. The Bertz CT molecular complexity index is 539. The van der Waals surface area contributed by atoms with Crippen molar-refractivity contribution in [3.63, 3.8) is 0 Å². The average molecular weight is 351 g/mol. The average Bonchev–Trinajstić information content (AvgIpc) is 2.52. The molecule has 0 N–H and O–H groups in total. The van der Waals surface area contributed by atoms with Gasteiger partial charge in [0, 0.05) is 12.0 Å². The first-order chi connectivity index (χ1) is 9.76. The number of hydrogen-bond donors (Lipinski definition) is 0. The number of thioether (sulfide) groups is 1. The van der Waals surface area contributed by atoms with Gasteiger partial charge in [0.2, 0.25) is 0 Å². The van der Waals surface area contributed by atoms with Gasteiger partial charge in [0.05, 0.1) is 11.4 Å². The van der Waals surface area contributed by atoms with Gasteiger partial charge in [-0.2, -0.15) is 0 Å². The standard InChI is InChI=1S/C17H19BrOS/c1-19-12-11-13-7-9-14(10-8-13)17(18)15-5-3-4-6-16(15)20-2/h3-10,17H,11-12H2,1-2H3. The third-order valence-corrected chi connectivity index (χ3v) is 5.11. The van der Waals surface area contributed by atoms with Crippen LogP contribution in [0.5, 0.6) is 0 Å². The summed E-state index contributed by atoms with van der Waals surface area (Å²) in [6.07, 6.45) is 3.08. The van der Waals surface area contributed by atoms with Crippen molar-refractivity contribution in [1.29, 1.82) is 0 Å². The number of hydrogen-bond acceptors (Lipinski definition) is 2. The van der Waals surface area contributed by atoms with Crippen LogP contribution in [0.15, 0.2) is 53.4 Å². The molecule has 0 saturated carbocycles. The minimum absolute atomic E-state index is 0.239. The lowest BCUT2D eigenvalue weighted by molar-refractivity contribution is 0.202. The predicted octanol–water partition coefficient (Wildman–Crippen LogP) is 5.08. The molecule has 0 radical (unpaired) electrons. The van der Waals surface area contributed by atoms with Crippen molar-refractivity contribution >= 4 is 27.7 Å². The molecule has 3 heteroatoms. The lowest BCUT2D eigenvalue weighted by atomic mass is 10.0. The maximum Gasteiger partial charge on any atom is 0.0655 e. The molecule has 2 aromatic rings. The van der Waals surface area contributed by atoms with Crippen LogP contribution in [0.3, 0.4) is 0 Å². The molecule has 0 amide bonds. The van der Waals surface area contributed by atoms with Crippen LogP contribution in [-0.2, 0) is 11.2 Å². The molecule has 0 aromatic heterocycles. The summed E-state index contributed by atoms with van der Waals surface area (Å²) in [5.74, 6) is 0. The first kappa shape index (κ1) is 15.6. The summed E-state index contributed by atoms with van der Waals surface area (Å²) in [6, 6.07) is 17.3. The first-order valence-electron chi connectivity index (χ1n) is 6.61. The molecule has 0 bridgehead atoms. The van der Waals surface area contributed by atoms with Gasteiger partial charge in [-0.3, -0.25) is 0 Å². The molecule has 20 heavy (non-hydrogen) atoms. The van der Waals surface area contributed by atoms with E-state index < -0.39 is 0 Å². The molecular formula is C17H19BrOS. The van der Waals surface area contributed by atoms with Crippen LogP contribution in [0.4, 0.5) is 0 Å². The van der Waals surface area contributed by atoms with E-state index >= 15 is 0 Å². The molecule has 0 aliphatic heterocycles. The molecule has 1 nitrogen and oxygen atoms in total. The lowest BCUT2D eigenvalue weighted by Crippen LogP contribution is -1.97. The number of halogens is 1. The van der Waals surface area contributed by atoms with Crippen molar-refractivity contribution in [3.05, 3.63) is 65.2 Å². The van der Waals surface area contributed by atoms with E-state index in [0.29, 0.717) is 0 Å². The van der Waals surface area contributed by atoms with E-state index in [-0.39, 0.29) is 4.83 Å². The maximum absolute atomic E-state index is 5.11. The molecule has 2 aromatic carbocycles. The van der Waals surface area contributed by atoms with E-state index in [2.05, 4.69) is 70.7 Å². The van der Waals surface area contributed by atoms with Crippen LogP contribution < -0.4 is 0 Å². The van der Waals surface area contributed by atoms with E-state index in [1.807, 2.05) is 0 Å². The molecule has 1 unspecified atom stereocenters. The van der Waals surface area contributed by atoms with Crippen molar-refractivity contribution in [3.8, 4) is 0 Å². The summed E-state index contributed by atoms with van der Waals surface area (Å²) in [7, 11) is 1.74. The molecule has 0 saturated heterocycles. The SMILES string of the molecule is COCCc1ccc(C(Br)c2ccccc2SC)cc1. The molecular weight excluding hydrogens is 332 g/mol. The Balaban J connectivity index is 2.18. The van der Waals surface area contributed by atoms with Gasteiger partial charge in [0.15, 0.2) is 0 Å². The van der Waals surface area contributed by atoms with Crippen molar-refractivity contribution < 1.29 is 4.74 Å². The molecule has 0 fully saturated rings. The van der Waals surface area contributed by atoms with Gasteiger partial charge < -0.3 is 4.74 Å². The second kappa shape index (κ2) is 7.87. The topological polar surface area (TPSA) is 9.23 Å². The van der Waals surface area contributed by atoms with Gasteiger partial charge in [0.25, 0.3) is 0 Å². The fourth-order valence-electron chi connectivity index (χ4n) is 2.13. The zero-order valence-corrected chi connectivity index (χ0v) is 14.2. The van der Waals surface area contributed by atoms with Crippen LogP contribution in [-0.4, -0.2) is 20.0 Å². The number of rotatable bonds is 6. The van der Waals surface area contributed by atoms with Crippen molar-refractivity contribution in [2.24, 2.45) is 0 Å². The highest BCUT2D eigenvalue weighted by atomic mass is 79.9. The van der Waals surface area contributed by atoms with Gasteiger partial charge in [-0.1, -0.05) is 58.4 Å². The van der Waals surface area contributed by atoms with E-state index in [9.17, 15) is 0 Å². The van der Waals surface area contributed by atoms with Gasteiger partial charge in [-0.25, -0.2) is 0 Å². The normalized spacial score (nSPS) is 12.3. The molecule has 106 valence electrons. The van der Waals surface area contributed by atoms with E-state index in [4.69, 9.17) is 4.74 Å². The summed E-state index contributed by atoms with van der Waals surface area (Å²) >= 11 is 5.61. The van der Waals surface area contributed by atoms with Crippen molar-refractivity contribution in [1.82, 2.24) is 0 Å². The van der Waals surface area contributed by atoms with Crippen LogP contribution in [0.1, 0.15) is 21.5 Å². The zero-order valence-electron chi connectivity index (χ0n) is 11.8. The van der Waals surface area contributed by atoms with Gasteiger partial charge in [-0.15, -0.1) is 11.8 Å². The Morgan fingerprint density at radius 3 is 2.45 bits per heavy atom. The third-order valence-electron chi connectivity index (χ3n) is 3.28. The molecule has 1 atom stereocenters. The van der Waals surface area contributed by atoms with Crippen LogP contribution in [0.2, 0.25) is 0 Å². The van der Waals surface area contributed by atoms with Gasteiger partial charge in [0.1, 0.15) is 0 Å². The maximum atomic E-state index is 5.11. The van der Waals surface area contributed by atoms with E-state index in [1.165, 1.54) is 21.6 Å². The summed E-state index contributed by atoms with van der Waals surface area (Å²) in [6.45, 7) is 0.770. The summed E-state index contributed by atoms with van der Waals surface area (Å²) in [4.78, 5) is 1.56. The number of benzene rings is 2. The molecule has 0 aliphatic carbocycles. The first-order valence-corrected chi connectivity index (χ1v) is 8.75. The molecule has 0 heterocycles. The second-order valence-electron chi connectivity index (χ2n) is 4.59. The number of methoxy groups -OCH3 is 1. The summed E-state index contributed by atoms with van der Waals surface area (Å²) in [5, 5.41) is 0. The predicted molar refractivity (Wildman–Crippen MR) is 91.0 cm³/mol. The highest BCUT2D eigenvalue weighted by molar-refractivity contribution is 9.09. The molecule has 2 rings (SSSR count). The zero-order chi connectivity index (χ0) is 14.4. The largest absolute Gasteiger partial charge is 0.384 e. The minimum atomic E-state index is 0.239. The Hall–Kier alpha value is -0.770. The number of alkyl halides is 1. The lowest BCUT2D eigenvalue weighted by Gasteiger charge is -2.14. The van der Waals surface area contributed by atoms with Gasteiger partial charge in [-0.05, 0) is 35.4 Å². The molecule has 0 aliphatic rings. The van der Waals surface area contributed by atoms with Crippen LogP contribution >= 0.6 is 27.7 Å². The quantitative estimate of drug-likeness (QED) is 0.530. The highest BCUT2D eigenvalue weighted by Gasteiger charge is 2.13. The van der Waals surface area contributed by atoms with Crippen molar-refractivity contribution in [2.75, 3.05) is 20.0 Å². The summed E-state index contributed by atoms with van der Waals surface area (Å²) < 4.78 is 5.11. The Morgan fingerprint density at radius 1 is 1.10 bits per heavy atom. The minimum Gasteiger partial charge on any atom is -0.384 e. The molecule has 0 spiro atoms. The Kier molecular flexibility index (Phi) is 6.14. The van der Waals surface area contributed by atoms with Crippen molar-refractivity contribution in [2.45, 2.75) is 16.1 Å². The fraction of sp³-hybridized carbons (Fsp3) is 0.294. The summed E-state index contributed by atoms with van der Waals surface area (Å²) in [5.41, 5.74) is 3.92. The van der Waals surface area contributed by atoms with E-state index in [0.717, 1.165) is 13.0 Å². The van der Waals surface area contributed by atoms with Crippen LogP contribution in [0.25, 0.3) is 0 Å². The monoisotopic (exact) mass is 350 g/mol. The smallest absolute Gasteiger partial charge is 0.0655 e. The number of ether oxygens (including phenoxy) is 1. The Labute approximate surface area is 133 Å². The second-order valence-corrected chi connectivity index (χ2v) is 6.35. The highest BCUT2D eigenvalue weighted by Crippen LogP contribution is 2.36. The van der Waals surface area contributed by atoms with E-state index in [1.54, 1.807) is 18.9 Å².